The molecule has 0 bridgehead atoms. The van der Waals surface area contributed by atoms with Gasteiger partial charge < -0.3 is 31.6 Å². The van der Waals surface area contributed by atoms with E-state index in [2.05, 4.69) is 25.1 Å². The van der Waals surface area contributed by atoms with Crippen molar-refractivity contribution in [3.63, 3.8) is 0 Å². The van der Waals surface area contributed by atoms with Gasteiger partial charge in [-0.3, -0.25) is 19.3 Å². The molecular weight excluding hydrogens is 593 g/mol. The first-order valence-electron chi connectivity index (χ1n) is 12.2. The molecule has 0 unspecified atom stereocenters. The molecule has 0 radical (unpaired) electrons. The van der Waals surface area contributed by atoms with Gasteiger partial charge in [-0.1, -0.05) is 5.16 Å². The minimum Gasteiger partial charge on any atom is -0.477 e. The van der Waals surface area contributed by atoms with Crippen molar-refractivity contribution in [2.24, 2.45) is 17.0 Å². The second kappa shape index (κ2) is 10.9. The number of thioether (sulfide) groups is 1. The molecule has 1 aromatic rings. The number of nitrogens with two attached hydrogens (primary N) is 1. The molecule has 4 atom stereocenters. The fourth-order valence-electron chi connectivity index (χ4n) is 5.26. The van der Waals surface area contributed by atoms with Crippen molar-refractivity contribution in [1.29, 1.82) is 0 Å². The van der Waals surface area contributed by atoms with Crippen LogP contribution in [0.25, 0.3) is 0 Å². The van der Waals surface area contributed by atoms with Crippen molar-refractivity contribution in [3.05, 3.63) is 28.7 Å². The number of alkyl halides is 3. The van der Waals surface area contributed by atoms with Crippen LogP contribution in [0.5, 0.6) is 0 Å². The van der Waals surface area contributed by atoms with Crippen LogP contribution in [-0.4, -0.2) is 108 Å². The SMILES string of the molecule is Nc1nc(/C(=N/O)C(=O)N[C@@H]2C(=O)N3C(C(=O)O)=C(/C=C4\CCN(C[C@H]5CNC[C@@H]5C(F)(F)F)C4=O)CS[C@H]23)ns1. The van der Waals surface area contributed by atoms with E-state index in [1.54, 1.807) is 0 Å². The van der Waals surface area contributed by atoms with Crippen LogP contribution < -0.4 is 16.4 Å². The molecule has 3 fully saturated rings. The van der Waals surface area contributed by atoms with Crippen LogP contribution in [0.4, 0.5) is 18.3 Å². The molecule has 4 aliphatic heterocycles. The lowest BCUT2D eigenvalue weighted by molar-refractivity contribution is -0.180. The number of carboxylic acid groups (broad SMARTS) is 1. The summed E-state index contributed by atoms with van der Waals surface area (Å²) in [5.41, 5.74) is 4.98. The Kier molecular flexibility index (Phi) is 7.68. The summed E-state index contributed by atoms with van der Waals surface area (Å²) >= 11 is 1.91. The highest BCUT2D eigenvalue weighted by Crippen LogP contribution is 2.41. The molecule has 41 heavy (non-hydrogen) atoms. The number of likely N-dealkylation sites (tertiary alicyclic amines) is 1. The highest BCUT2D eigenvalue weighted by Gasteiger charge is 2.54. The number of carbonyl (C=O) groups excluding carboxylic acids is 3. The summed E-state index contributed by atoms with van der Waals surface area (Å²) in [5, 5.41) is 26.4. The zero-order valence-corrected chi connectivity index (χ0v) is 22.6. The normalized spacial score (nSPS) is 27.9. The van der Waals surface area contributed by atoms with E-state index in [1.165, 1.54) is 11.0 Å². The van der Waals surface area contributed by atoms with Crippen molar-refractivity contribution in [2.75, 3.05) is 37.7 Å². The van der Waals surface area contributed by atoms with Gasteiger partial charge in [0, 0.05) is 55.0 Å². The van der Waals surface area contributed by atoms with Crippen LogP contribution in [0.1, 0.15) is 12.2 Å². The van der Waals surface area contributed by atoms with Gasteiger partial charge in [-0.25, -0.2) is 4.79 Å². The van der Waals surface area contributed by atoms with E-state index < -0.39 is 58.8 Å². The average molecular weight is 617 g/mol. The monoisotopic (exact) mass is 616 g/mol. The number of fused-ring (bicyclic) bond motifs is 1. The number of nitrogens with one attached hydrogen (secondary N) is 2. The third kappa shape index (κ3) is 5.35. The highest BCUT2D eigenvalue weighted by molar-refractivity contribution is 8.00. The fourth-order valence-corrected chi connectivity index (χ4v) is 7.00. The molecule has 5 heterocycles. The molecule has 3 amide bonds. The summed E-state index contributed by atoms with van der Waals surface area (Å²) in [7, 11) is 0. The van der Waals surface area contributed by atoms with E-state index in [1.807, 2.05) is 0 Å². The molecule has 14 nitrogen and oxygen atoms in total. The Balaban J connectivity index is 1.29. The minimum atomic E-state index is -4.38. The lowest BCUT2D eigenvalue weighted by Gasteiger charge is -2.49. The largest absolute Gasteiger partial charge is 0.477 e. The lowest BCUT2D eigenvalue weighted by atomic mass is 9.95. The van der Waals surface area contributed by atoms with Crippen LogP contribution >= 0.6 is 23.3 Å². The number of β-lactam (4-membered cyclic amide) rings is 1. The molecule has 4 aliphatic rings. The summed E-state index contributed by atoms with van der Waals surface area (Å²) < 4.78 is 43.8. The first-order valence-corrected chi connectivity index (χ1v) is 14.0. The number of oxime groups is 1. The van der Waals surface area contributed by atoms with Crippen LogP contribution in [0.3, 0.4) is 0 Å². The molecule has 1 aromatic heterocycles. The molecule has 220 valence electrons. The topological polar surface area (TPSA) is 203 Å². The third-order valence-electron chi connectivity index (χ3n) is 7.23. The van der Waals surface area contributed by atoms with Crippen LogP contribution in [0.15, 0.2) is 28.1 Å². The van der Waals surface area contributed by atoms with Gasteiger partial charge in [0.2, 0.25) is 17.4 Å². The van der Waals surface area contributed by atoms with Crippen molar-refractivity contribution in [2.45, 2.75) is 24.0 Å². The van der Waals surface area contributed by atoms with E-state index in [-0.39, 0.29) is 66.2 Å². The Hall–Kier alpha value is -3.71. The molecule has 0 aromatic carbocycles. The second-order valence-electron chi connectivity index (χ2n) is 9.68. The number of halogens is 3. The number of aromatic nitrogens is 2. The number of rotatable bonds is 7. The van der Waals surface area contributed by atoms with E-state index in [4.69, 9.17) is 5.73 Å². The summed E-state index contributed by atoms with van der Waals surface area (Å²) in [6, 6.07) is -1.14. The molecule has 3 saturated heterocycles. The third-order valence-corrected chi connectivity index (χ3v) is 9.08. The summed E-state index contributed by atoms with van der Waals surface area (Å²) in [5.74, 6) is -6.13. The highest BCUT2D eigenvalue weighted by atomic mass is 32.2. The van der Waals surface area contributed by atoms with Crippen molar-refractivity contribution in [1.82, 2.24) is 29.8 Å². The van der Waals surface area contributed by atoms with E-state index in [0.29, 0.717) is 0 Å². The number of hydrogen-bond donors (Lipinski definition) is 5. The second-order valence-corrected chi connectivity index (χ2v) is 11.6. The maximum absolute atomic E-state index is 13.3. The summed E-state index contributed by atoms with van der Waals surface area (Å²) in [6.07, 6.45) is -2.78. The van der Waals surface area contributed by atoms with Crippen molar-refractivity contribution < 1.29 is 42.7 Å². The predicted octanol–water partition coefficient (Wildman–Crippen LogP) is -0.406. The fraction of sp³-hybridized carbons (Fsp3) is 0.500. The standard InChI is InChI=1S/C22H23F3N8O6S2/c23-22(24,25)11-5-27-4-10(11)6-32-2-1-8(17(32)35)3-9-7-40-19-13(18(36)33(19)14(9)20(37)38)28-16(34)12(30-39)15-29-21(26)41-31-15/h3,10-11,13,19,27,39H,1-2,4-7H2,(H,28,34)(H,37,38)(H2,26,29,31)/b8-3+,30-12-/t10-,11+,13-,19-/m1/s1. The summed E-state index contributed by atoms with van der Waals surface area (Å²) in [6.45, 7) is 0.0431. The molecular formula is C22H23F3N8O6S2. The van der Waals surface area contributed by atoms with Gasteiger partial charge in [-0.05, 0) is 18.1 Å². The van der Waals surface area contributed by atoms with Gasteiger partial charge in [0.15, 0.2) is 5.13 Å². The number of amides is 3. The number of allylic oxidation sites excluding steroid dienone is 1. The van der Waals surface area contributed by atoms with Gasteiger partial charge in [-0.15, -0.1) is 11.8 Å². The lowest BCUT2D eigenvalue weighted by Crippen LogP contribution is -2.71. The van der Waals surface area contributed by atoms with Gasteiger partial charge in [0.25, 0.3) is 11.8 Å². The Morgan fingerprint density at radius 2 is 2.05 bits per heavy atom. The molecule has 6 N–H and O–H groups in total. The maximum Gasteiger partial charge on any atom is 0.393 e. The number of nitrogens with zero attached hydrogens (tertiary/aromatic N) is 5. The molecule has 19 heteroatoms. The average Bonchev–Trinajstić information content (AvgIpc) is 3.64. The minimum absolute atomic E-state index is 0.0190. The maximum atomic E-state index is 13.3. The number of carbonyl (C=O) groups is 4. The van der Waals surface area contributed by atoms with Crippen LogP contribution in [0, 0.1) is 11.8 Å². The van der Waals surface area contributed by atoms with Crippen molar-refractivity contribution in [3.8, 4) is 0 Å². The van der Waals surface area contributed by atoms with E-state index in [9.17, 15) is 42.7 Å². The number of anilines is 1. The van der Waals surface area contributed by atoms with E-state index >= 15 is 0 Å². The first-order chi connectivity index (χ1) is 19.4. The van der Waals surface area contributed by atoms with Gasteiger partial charge in [-0.2, -0.15) is 22.5 Å². The Bertz CT molecular complexity index is 1400. The zero-order valence-electron chi connectivity index (χ0n) is 20.9. The van der Waals surface area contributed by atoms with Crippen LogP contribution in [-0.2, 0) is 19.2 Å². The molecule has 5 rings (SSSR count). The number of carboxylic acids is 1. The predicted molar refractivity (Wildman–Crippen MR) is 138 cm³/mol. The number of hydrogen-bond acceptors (Lipinski definition) is 12. The summed E-state index contributed by atoms with van der Waals surface area (Å²) in [4.78, 5) is 56.9. The molecule has 0 spiro atoms. The molecule has 0 saturated carbocycles. The molecule has 0 aliphatic carbocycles. The van der Waals surface area contributed by atoms with Crippen molar-refractivity contribution >= 4 is 57.8 Å². The van der Waals surface area contributed by atoms with Gasteiger partial charge >= 0.3 is 12.1 Å². The van der Waals surface area contributed by atoms with Crippen LogP contribution in [0.2, 0.25) is 0 Å². The Morgan fingerprint density at radius 1 is 1.29 bits per heavy atom. The first kappa shape index (κ1) is 28.8. The number of aliphatic carboxylic acids is 1. The smallest absolute Gasteiger partial charge is 0.393 e. The Morgan fingerprint density at radius 3 is 2.68 bits per heavy atom. The van der Waals surface area contributed by atoms with E-state index in [0.717, 1.165) is 28.2 Å². The Labute approximate surface area is 237 Å². The van der Waals surface area contributed by atoms with Gasteiger partial charge in [0.05, 0.1) is 5.92 Å². The zero-order chi connectivity index (χ0) is 29.6. The quantitative estimate of drug-likeness (QED) is 0.0876. The van der Waals surface area contributed by atoms with Gasteiger partial charge in [0.1, 0.15) is 17.1 Å². The number of nitrogen functional groups attached to an aromatic ring is 1.